The van der Waals surface area contributed by atoms with Crippen LogP contribution in [0.25, 0.3) is 0 Å². The highest BCUT2D eigenvalue weighted by Gasteiger charge is 2.65. The lowest BCUT2D eigenvalue weighted by molar-refractivity contribution is -0.190. The van der Waals surface area contributed by atoms with E-state index in [-0.39, 0.29) is 29.4 Å². The number of likely N-dealkylation sites (tertiary alicyclic amines) is 2. The van der Waals surface area contributed by atoms with Gasteiger partial charge in [0.1, 0.15) is 11.4 Å². The molecule has 0 radical (unpaired) electrons. The maximum absolute atomic E-state index is 14.2. The highest BCUT2D eigenvalue weighted by Crippen LogP contribution is 2.53. The van der Waals surface area contributed by atoms with E-state index in [4.69, 9.17) is 9.47 Å². The number of rotatable bonds is 5. The molecule has 236 valence electrons. The number of carbonyl (C=O) groups excluding carboxylic acids is 2. The number of ether oxygens (including phenoxy) is 2. The molecule has 1 unspecified atom stereocenters. The van der Waals surface area contributed by atoms with Crippen LogP contribution in [0.4, 0.5) is 0 Å². The summed E-state index contributed by atoms with van der Waals surface area (Å²) in [6.07, 6.45) is 1.48. The highest BCUT2D eigenvalue weighted by atomic mass is 16.6. The summed E-state index contributed by atoms with van der Waals surface area (Å²) in [6.45, 7) is 28.2. The number of amides is 2. The molecule has 9 heteroatoms. The smallest absolute Gasteiger partial charge is 0.257 e. The third kappa shape index (κ3) is 5.15. The lowest BCUT2D eigenvalue weighted by Crippen LogP contribution is -2.69. The van der Waals surface area contributed by atoms with Gasteiger partial charge in [-0.1, -0.05) is 0 Å². The maximum Gasteiger partial charge on any atom is 0.257 e. The molecule has 4 rings (SSSR count). The van der Waals surface area contributed by atoms with Crippen LogP contribution in [-0.4, -0.2) is 114 Å². The summed E-state index contributed by atoms with van der Waals surface area (Å²) in [5, 5.41) is 11.6. The molecule has 0 bridgehead atoms. The molecule has 0 aromatic carbocycles. The lowest BCUT2D eigenvalue weighted by atomic mass is 9.70. The van der Waals surface area contributed by atoms with Gasteiger partial charge in [0, 0.05) is 60.9 Å². The van der Waals surface area contributed by atoms with Crippen molar-refractivity contribution in [2.45, 2.75) is 167 Å². The topological polar surface area (TPSA) is 85.8 Å². The van der Waals surface area contributed by atoms with Crippen molar-refractivity contribution in [2.24, 2.45) is 0 Å². The summed E-state index contributed by atoms with van der Waals surface area (Å²) in [7, 11) is 2.12. The number of hydrogen-bond acceptors (Lipinski definition) is 7. The number of carbonyl (C=O) groups is 2. The Morgan fingerprint density at radius 3 is 1.41 bits per heavy atom. The van der Waals surface area contributed by atoms with Crippen LogP contribution in [0.1, 0.15) is 116 Å². The van der Waals surface area contributed by atoms with E-state index in [1.807, 2.05) is 39.5 Å². The Hall–Kier alpha value is -1.26. The first kappa shape index (κ1) is 32.6. The number of hydrogen-bond donors (Lipinski definition) is 1. The van der Waals surface area contributed by atoms with Gasteiger partial charge in [0.05, 0.1) is 12.6 Å². The van der Waals surface area contributed by atoms with Crippen molar-refractivity contribution < 1.29 is 24.2 Å². The summed E-state index contributed by atoms with van der Waals surface area (Å²) >= 11 is 0. The number of nitrogens with zero attached hydrogens (tertiary/aromatic N) is 4. The van der Waals surface area contributed by atoms with Crippen molar-refractivity contribution in [3.63, 3.8) is 0 Å². The van der Waals surface area contributed by atoms with Gasteiger partial charge < -0.3 is 24.4 Å². The lowest BCUT2D eigenvalue weighted by Gasteiger charge is -2.58. The number of piperidine rings is 2. The average molecular weight is 579 g/mol. The van der Waals surface area contributed by atoms with E-state index in [2.05, 4.69) is 72.2 Å². The molecule has 0 aromatic heterocycles. The minimum atomic E-state index is -0.920. The van der Waals surface area contributed by atoms with Gasteiger partial charge in [-0.25, -0.2) is 0 Å². The van der Waals surface area contributed by atoms with Crippen molar-refractivity contribution >= 4 is 11.8 Å². The molecule has 0 saturated carbocycles. The van der Waals surface area contributed by atoms with Crippen LogP contribution in [-0.2, 0) is 19.1 Å². The Morgan fingerprint density at radius 1 is 0.659 bits per heavy atom. The third-order valence-corrected chi connectivity index (χ3v) is 10.7. The Kier molecular flexibility index (Phi) is 7.46. The van der Waals surface area contributed by atoms with Gasteiger partial charge in [0.25, 0.3) is 11.8 Å². The first-order valence-electron chi connectivity index (χ1n) is 15.5. The summed E-state index contributed by atoms with van der Waals surface area (Å²) in [5.41, 5.74) is -4.61. The zero-order valence-electron chi connectivity index (χ0n) is 28.4. The van der Waals surface area contributed by atoms with E-state index >= 15 is 0 Å². The van der Waals surface area contributed by atoms with Gasteiger partial charge >= 0.3 is 0 Å². The predicted molar refractivity (Wildman–Crippen MR) is 160 cm³/mol. The van der Waals surface area contributed by atoms with Crippen LogP contribution in [0.3, 0.4) is 0 Å². The molecular weight excluding hydrogens is 520 g/mol. The molecule has 4 saturated heterocycles. The molecule has 0 aromatic rings. The average Bonchev–Trinajstić information content (AvgIpc) is 3.04. The van der Waals surface area contributed by atoms with Crippen LogP contribution in [0.2, 0.25) is 0 Å². The molecule has 4 aliphatic heterocycles. The summed E-state index contributed by atoms with van der Waals surface area (Å²) in [4.78, 5) is 36.1. The number of aliphatic hydroxyl groups excluding tert-OH is 1. The van der Waals surface area contributed by atoms with Crippen molar-refractivity contribution in [1.82, 2.24) is 19.6 Å². The van der Waals surface area contributed by atoms with Crippen LogP contribution >= 0.6 is 0 Å². The normalized spacial score (nSPS) is 31.8. The maximum atomic E-state index is 14.2. The molecule has 4 aliphatic rings. The zero-order chi connectivity index (χ0) is 31.4. The quantitative estimate of drug-likeness (QED) is 0.528. The van der Waals surface area contributed by atoms with E-state index in [1.165, 1.54) is 0 Å². The molecule has 2 amide bonds. The molecule has 9 nitrogen and oxygen atoms in total. The molecular formula is C32H58N4O5. The summed E-state index contributed by atoms with van der Waals surface area (Å²) in [5.74, 6) is 0.0286. The minimum Gasteiger partial charge on any atom is -0.390 e. The fourth-order valence-corrected chi connectivity index (χ4v) is 9.37. The van der Waals surface area contributed by atoms with Gasteiger partial charge in [-0.3, -0.25) is 19.4 Å². The van der Waals surface area contributed by atoms with Crippen LogP contribution in [0, 0.1) is 0 Å². The Balaban J connectivity index is 1.54. The van der Waals surface area contributed by atoms with Crippen molar-refractivity contribution in [2.75, 3.05) is 26.7 Å². The minimum absolute atomic E-state index is 0.0289. The monoisotopic (exact) mass is 578 g/mol. The van der Waals surface area contributed by atoms with Crippen molar-refractivity contribution in [3.05, 3.63) is 0 Å². The molecule has 4 heterocycles. The molecule has 1 N–H and O–H groups in total. The van der Waals surface area contributed by atoms with Gasteiger partial charge in [0.15, 0.2) is 11.2 Å². The Bertz CT molecular complexity index is 1040. The molecule has 4 fully saturated rings. The zero-order valence-corrected chi connectivity index (χ0v) is 28.4. The van der Waals surface area contributed by atoms with E-state index in [0.717, 1.165) is 0 Å². The summed E-state index contributed by atoms with van der Waals surface area (Å²) in [6, 6.07) is 0. The van der Waals surface area contributed by atoms with Crippen LogP contribution in [0.5, 0.6) is 0 Å². The van der Waals surface area contributed by atoms with E-state index in [1.54, 1.807) is 4.90 Å². The second-order valence-corrected chi connectivity index (χ2v) is 16.8. The van der Waals surface area contributed by atoms with Gasteiger partial charge in [-0.05, 0) is 97.1 Å². The van der Waals surface area contributed by atoms with Gasteiger partial charge in [0.2, 0.25) is 0 Å². The highest BCUT2D eigenvalue weighted by molar-refractivity contribution is 5.89. The number of β-amino-alcohol motifs (C(OH)–C–C–N with tert-alkyl or cyclic N) is 1. The second kappa shape index (κ2) is 9.37. The fraction of sp³-hybridized carbons (Fsp3) is 0.938. The Morgan fingerprint density at radius 2 is 1.02 bits per heavy atom. The first-order valence-corrected chi connectivity index (χ1v) is 15.5. The summed E-state index contributed by atoms with van der Waals surface area (Å²) < 4.78 is 13.3. The second-order valence-electron chi connectivity index (χ2n) is 16.8. The van der Waals surface area contributed by atoms with E-state index < -0.39 is 39.8 Å². The number of aliphatic hydroxyl groups is 1. The largest absolute Gasteiger partial charge is 0.390 e. The molecule has 41 heavy (non-hydrogen) atoms. The van der Waals surface area contributed by atoms with Crippen molar-refractivity contribution in [1.29, 1.82) is 0 Å². The molecule has 0 aliphatic carbocycles. The predicted octanol–water partition coefficient (Wildman–Crippen LogP) is 3.97. The van der Waals surface area contributed by atoms with Gasteiger partial charge in [-0.15, -0.1) is 0 Å². The van der Waals surface area contributed by atoms with Gasteiger partial charge in [-0.2, -0.15) is 0 Å². The number of likely N-dealkylation sites (N-methyl/N-ethyl adjacent to an activating group) is 1. The first-order chi connectivity index (χ1) is 18.3. The molecule has 2 spiro atoms. The molecule has 1 atom stereocenters. The van der Waals surface area contributed by atoms with E-state index in [0.29, 0.717) is 38.8 Å². The Labute approximate surface area is 248 Å². The van der Waals surface area contributed by atoms with Crippen molar-refractivity contribution in [3.8, 4) is 0 Å². The van der Waals surface area contributed by atoms with Crippen LogP contribution < -0.4 is 0 Å². The fourth-order valence-electron chi connectivity index (χ4n) is 9.37. The standard InChI is InChI=1S/C32H58N4O5/c1-15-34-23(38)32(40-29(34,10)11)20-27(6,7)36(28(8,9)21-32)17-22(37)16-35-24(39)31(41-30(35,12)13)18-25(2,3)33(14)26(4,5)19-31/h22,37H,15-21H2,1-14H3. The van der Waals surface area contributed by atoms with E-state index in [9.17, 15) is 14.7 Å². The SMILES string of the molecule is CCN1C(=O)C2(CC(C)(C)N(CC(O)CN3C(=O)C4(CC(C)(C)N(C)C(C)(C)C4)OC3(C)C)C(C)(C)C2)OC1(C)C. The van der Waals surface area contributed by atoms with Crippen LogP contribution in [0.15, 0.2) is 0 Å². The third-order valence-electron chi connectivity index (χ3n) is 10.7.